The molecule has 1 heterocycles. The molecule has 0 spiro atoms. The third kappa shape index (κ3) is 3.58. The van der Waals surface area contributed by atoms with Crippen molar-refractivity contribution in [1.29, 1.82) is 0 Å². The summed E-state index contributed by atoms with van der Waals surface area (Å²) in [6, 6.07) is 0.348. The number of likely N-dealkylation sites (N-methyl/N-ethyl adjacent to an activating group) is 1. The second kappa shape index (κ2) is 5.67. The molecule has 6 heteroatoms. The molecule has 4 nitrogen and oxygen atoms in total. The van der Waals surface area contributed by atoms with Gasteiger partial charge in [-0.1, -0.05) is 6.92 Å². The Kier molecular flexibility index (Phi) is 5.04. The summed E-state index contributed by atoms with van der Waals surface area (Å²) in [7, 11) is 0.861. The zero-order valence-corrected chi connectivity index (χ0v) is 11.8. The fourth-order valence-corrected chi connectivity index (χ4v) is 3.96. The van der Waals surface area contributed by atoms with E-state index in [9.17, 15) is 8.42 Å². The Labute approximate surface area is 104 Å². The van der Waals surface area contributed by atoms with Gasteiger partial charge in [0.05, 0.1) is 5.75 Å². The van der Waals surface area contributed by atoms with Crippen molar-refractivity contribution in [2.75, 3.05) is 38.8 Å². The lowest BCUT2D eigenvalue weighted by atomic mass is 10.2. The molecule has 0 radical (unpaired) electrons. The number of halogens is 1. The Hall–Kier alpha value is 0.160. The van der Waals surface area contributed by atoms with E-state index < -0.39 is 10.0 Å². The van der Waals surface area contributed by atoms with Crippen molar-refractivity contribution in [3.63, 3.8) is 0 Å². The maximum Gasteiger partial charge on any atom is 0.214 e. The molecule has 1 fully saturated rings. The van der Waals surface area contributed by atoms with Crippen molar-refractivity contribution in [1.82, 2.24) is 9.21 Å². The minimum Gasteiger partial charge on any atom is -0.305 e. The number of nitrogens with zero attached hydrogens (tertiary/aromatic N) is 2. The van der Waals surface area contributed by atoms with Crippen LogP contribution < -0.4 is 0 Å². The zero-order chi connectivity index (χ0) is 12.3. The molecule has 1 saturated heterocycles. The average Bonchev–Trinajstić information content (AvgIpc) is 2.66. The maximum absolute atomic E-state index is 12.0. The number of alkyl halides is 1. The van der Waals surface area contributed by atoms with E-state index in [1.807, 2.05) is 21.0 Å². The summed E-state index contributed by atoms with van der Waals surface area (Å²) in [4.78, 5) is 2.08. The highest BCUT2D eigenvalue weighted by atomic mass is 35.5. The normalized spacial score (nSPS) is 25.2. The summed E-state index contributed by atoms with van der Waals surface area (Å²) < 4.78 is 25.6. The highest BCUT2D eigenvalue weighted by molar-refractivity contribution is 7.89. The molecule has 2 unspecified atom stereocenters. The predicted octanol–water partition coefficient (Wildman–Crippen LogP) is 0.827. The Balaban J connectivity index is 2.59. The van der Waals surface area contributed by atoms with Gasteiger partial charge in [0.25, 0.3) is 0 Å². The van der Waals surface area contributed by atoms with E-state index in [1.54, 1.807) is 4.31 Å². The van der Waals surface area contributed by atoms with E-state index in [2.05, 4.69) is 4.90 Å². The number of hydrogen-bond donors (Lipinski definition) is 0. The van der Waals surface area contributed by atoms with Gasteiger partial charge in [0.2, 0.25) is 10.0 Å². The number of sulfonamides is 1. The molecule has 16 heavy (non-hydrogen) atoms. The third-order valence-electron chi connectivity index (χ3n) is 3.01. The monoisotopic (exact) mass is 268 g/mol. The molecule has 1 aliphatic rings. The smallest absolute Gasteiger partial charge is 0.214 e. The van der Waals surface area contributed by atoms with Crippen molar-refractivity contribution in [2.45, 2.75) is 19.4 Å². The fraction of sp³-hybridized carbons (Fsp3) is 1.00. The first-order valence-corrected chi connectivity index (χ1v) is 7.71. The lowest BCUT2D eigenvalue weighted by Crippen LogP contribution is -2.36. The molecular formula is C10H21ClN2O2S. The molecule has 1 aliphatic heterocycles. The minimum atomic E-state index is -3.12. The molecule has 96 valence electrons. The van der Waals surface area contributed by atoms with Crippen LogP contribution in [-0.4, -0.2) is 62.5 Å². The average molecular weight is 269 g/mol. The zero-order valence-electron chi connectivity index (χ0n) is 10.2. The summed E-state index contributed by atoms with van der Waals surface area (Å²) in [5.74, 6) is 0.575. The Morgan fingerprint density at radius 2 is 2.12 bits per heavy atom. The first-order chi connectivity index (χ1) is 7.36. The van der Waals surface area contributed by atoms with Crippen LogP contribution in [0.1, 0.15) is 13.3 Å². The van der Waals surface area contributed by atoms with Gasteiger partial charge < -0.3 is 4.90 Å². The largest absolute Gasteiger partial charge is 0.305 e. The van der Waals surface area contributed by atoms with Gasteiger partial charge >= 0.3 is 0 Å². The van der Waals surface area contributed by atoms with E-state index in [0.717, 1.165) is 6.42 Å². The fourth-order valence-electron chi connectivity index (χ4n) is 1.89. The summed E-state index contributed by atoms with van der Waals surface area (Å²) in [6.45, 7) is 3.12. The van der Waals surface area contributed by atoms with Crippen LogP contribution in [0.3, 0.4) is 0 Å². The Morgan fingerprint density at radius 1 is 1.50 bits per heavy atom. The van der Waals surface area contributed by atoms with Crippen molar-refractivity contribution < 1.29 is 8.42 Å². The van der Waals surface area contributed by atoms with E-state index in [-0.39, 0.29) is 11.7 Å². The maximum atomic E-state index is 12.0. The first-order valence-electron chi connectivity index (χ1n) is 5.57. The Morgan fingerprint density at radius 3 is 2.56 bits per heavy atom. The topological polar surface area (TPSA) is 40.6 Å². The number of hydrogen-bond acceptors (Lipinski definition) is 3. The SMILES string of the molecule is CC(CCl)CS(=O)(=O)N1CCC(N(C)C)C1. The van der Waals surface area contributed by atoms with E-state index in [1.165, 1.54) is 0 Å². The summed E-state index contributed by atoms with van der Waals surface area (Å²) >= 11 is 5.65. The standard InChI is InChI=1S/C10H21ClN2O2S/c1-9(6-11)8-16(14,15)13-5-4-10(7-13)12(2)3/h9-10H,4-8H2,1-3H3. The second-order valence-corrected chi connectivity index (χ2v) is 7.12. The molecule has 0 aliphatic carbocycles. The lowest BCUT2D eigenvalue weighted by Gasteiger charge is -2.21. The van der Waals surface area contributed by atoms with Crippen molar-refractivity contribution in [3.05, 3.63) is 0 Å². The van der Waals surface area contributed by atoms with Crippen molar-refractivity contribution >= 4 is 21.6 Å². The molecule has 0 aromatic heterocycles. The van der Waals surface area contributed by atoms with E-state index in [4.69, 9.17) is 11.6 Å². The van der Waals surface area contributed by atoms with Crippen LogP contribution >= 0.6 is 11.6 Å². The Bertz CT molecular complexity index is 319. The molecule has 0 N–H and O–H groups in total. The first kappa shape index (κ1) is 14.2. The minimum absolute atomic E-state index is 0.0186. The summed E-state index contributed by atoms with van der Waals surface area (Å²) in [5, 5.41) is 0. The number of rotatable bonds is 5. The van der Waals surface area contributed by atoms with Crippen LogP contribution in [0.15, 0.2) is 0 Å². The molecule has 0 bridgehead atoms. The van der Waals surface area contributed by atoms with Crippen LogP contribution in [0, 0.1) is 5.92 Å². The lowest BCUT2D eigenvalue weighted by molar-refractivity contribution is 0.302. The van der Waals surface area contributed by atoms with Crippen LogP contribution in [0.25, 0.3) is 0 Å². The molecule has 0 amide bonds. The van der Waals surface area contributed by atoms with Crippen LogP contribution in [0.2, 0.25) is 0 Å². The van der Waals surface area contributed by atoms with Gasteiger partial charge in [-0.3, -0.25) is 0 Å². The van der Waals surface area contributed by atoms with Crippen molar-refractivity contribution in [2.24, 2.45) is 5.92 Å². The van der Waals surface area contributed by atoms with Crippen LogP contribution in [-0.2, 0) is 10.0 Å². The van der Waals surface area contributed by atoms with Gasteiger partial charge in [0, 0.05) is 25.0 Å². The van der Waals surface area contributed by atoms with E-state index >= 15 is 0 Å². The van der Waals surface area contributed by atoms with Crippen LogP contribution in [0.5, 0.6) is 0 Å². The molecule has 1 rings (SSSR count). The second-order valence-electron chi connectivity index (χ2n) is 4.80. The van der Waals surface area contributed by atoms with Gasteiger partial charge in [-0.05, 0) is 26.4 Å². The molecule has 0 aromatic rings. The molecule has 0 saturated carbocycles. The van der Waals surface area contributed by atoms with Crippen molar-refractivity contribution in [3.8, 4) is 0 Å². The predicted molar refractivity (Wildman–Crippen MR) is 67.3 cm³/mol. The quantitative estimate of drug-likeness (QED) is 0.694. The summed E-state index contributed by atoms with van der Waals surface area (Å²) in [6.07, 6.45) is 0.918. The highest BCUT2D eigenvalue weighted by Gasteiger charge is 2.32. The van der Waals surface area contributed by atoms with Gasteiger partial charge in [-0.25, -0.2) is 12.7 Å². The van der Waals surface area contributed by atoms with E-state index in [0.29, 0.717) is 25.0 Å². The van der Waals surface area contributed by atoms with Gasteiger partial charge in [0.1, 0.15) is 0 Å². The van der Waals surface area contributed by atoms with Gasteiger partial charge in [-0.15, -0.1) is 11.6 Å². The highest BCUT2D eigenvalue weighted by Crippen LogP contribution is 2.18. The molecular weight excluding hydrogens is 248 g/mol. The van der Waals surface area contributed by atoms with Gasteiger partial charge in [-0.2, -0.15) is 0 Å². The third-order valence-corrected chi connectivity index (χ3v) is 5.64. The molecule has 2 atom stereocenters. The summed E-state index contributed by atoms with van der Waals surface area (Å²) in [5.41, 5.74) is 0. The molecule has 0 aromatic carbocycles. The van der Waals surface area contributed by atoms with Gasteiger partial charge in [0.15, 0.2) is 0 Å². The van der Waals surface area contributed by atoms with Crippen LogP contribution in [0.4, 0.5) is 0 Å².